The average molecular weight is 458 g/mol. The molecule has 32 heavy (non-hydrogen) atoms. The monoisotopic (exact) mass is 458 g/mol. The summed E-state index contributed by atoms with van der Waals surface area (Å²) in [6, 6.07) is 9.84. The highest BCUT2D eigenvalue weighted by Gasteiger charge is 2.30. The Hall–Kier alpha value is -3.58. The molecule has 9 nitrogen and oxygen atoms in total. The molecule has 2 aromatic rings. The Morgan fingerprint density at radius 3 is 2.75 bits per heavy atom. The van der Waals surface area contributed by atoms with Crippen LogP contribution in [0.25, 0.3) is 6.08 Å². The maximum atomic E-state index is 12.3. The fourth-order valence-electron chi connectivity index (χ4n) is 3.28. The molecule has 1 amide bonds. The summed E-state index contributed by atoms with van der Waals surface area (Å²) in [6.45, 7) is 0.144. The van der Waals surface area contributed by atoms with E-state index in [0.717, 1.165) is 0 Å². The molecule has 0 radical (unpaired) electrons. The van der Waals surface area contributed by atoms with Gasteiger partial charge in [-0.05, 0) is 48.2 Å². The second kappa shape index (κ2) is 10.2. The number of hydrogen-bond acceptors (Lipinski definition) is 8. The first-order chi connectivity index (χ1) is 15.3. The van der Waals surface area contributed by atoms with Crippen molar-refractivity contribution in [3.63, 3.8) is 0 Å². The highest BCUT2D eigenvalue weighted by atomic mass is 32.2. The number of nitrogens with zero attached hydrogens (tertiary/aromatic N) is 1. The third kappa shape index (κ3) is 6.21. The van der Waals surface area contributed by atoms with E-state index in [0.29, 0.717) is 17.7 Å². The van der Waals surface area contributed by atoms with Crippen molar-refractivity contribution in [1.29, 1.82) is 5.26 Å². The summed E-state index contributed by atoms with van der Waals surface area (Å²) in [5, 5.41) is 11.9. The Kier molecular flexibility index (Phi) is 7.33. The van der Waals surface area contributed by atoms with Gasteiger partial charge in [-0.1, -0.05) is 6.07 Å². The summed E-state index contributed by atoms with van der Waals surface area (Å²) in [4.78, 5) is 24.5. The molecular formula is C22H22N2O7S. The van der Waals surface area contributed by atoms with E-state index >= 15 is 0 Å². The quantitative estimate of drug-likeness (QED) is 0.275. The van der Waals surface area contributed by atoms with Gasteiger partial charge in [0, 0.05) is 6.42 Å². The minimum atomic E-state index is -3.07. The number of rotatable bonds is 8. The van der Waals surface area contributed by atoms with Gasteiger partial charge in [-0.25, -0.2) is 8.42 Å². The van der Waals surface area contributed by atoms with Gasteiger partial charge in [0.05, 0.1) is 31.4 Å². The van der Waals surface area contributed by atoms with E-state index in [4.69, 9.17) is 13.9 Å². The van der Waals surface area contributed by atoms with Crippen LogP contribution in [0.5, 0.6) is 11.5 Å². The van der Waals surface area contributed by atoms with Gasteiger partial charge in [-0.15, -0.1) is 0 Å². The van der Waals surface area contributed by atoms with Crippen LogP contribution >= 0.6 is 0 Å². The van der Waals surface area contributed by atoms with Gasteiger partial charge in [0.15, 0.2) is 21.3 Å². The number of amides is 1. The van der Waals surface area contributed by atoms with Crippen LogP contribution in [-0.2, 0) is 26.0 Å². The molecule has 10 heteroatoms. The number of esters is 1. The second-order valence-electron chi connectivity index (χ2n) is 7.29. The molecule has 1 N–H and O–H groups in total. The number of furan rings is 1. The van der Waals surface area contributed by atoms with Crippen molar-refractivity contribution in [3.05, 3.63) is 53.5 Å². The lowest BCUT2D eigenvalue weighted by Gasteiger charge is -2.12. The third-order valence-corrected chi connectivity index (χ3v) is 6.71. The van der Waals surface area contributed by atoms with Crippen molar-refractivity contribution in [2.45, 2.75) is 19.4 Å². The first-order valence-corrected chi connectivity index (χ1v) is 11.6. The first kappa shape index (κ1) is 23.1. The molecule has 0 saturated carbocycles. The highest BCUT2D eigenvalue weighted by molar-refractivity contribution is 7.91. The summed E-state index contributed by atoms with van der Waals surface area (Å²) in [5.74, 6) is -0.338. The van der Waals surface area contributed by atoms with Crippen LogP contribution in [0.4, 0.5) is 0 Å². The number of carbonyl (C=O) groups excluding carboxylic acids is 2. The van der Waals surface area contributed by atoms with E-state index in [-0.39, 0.29) is 47.5 Å². The van der Waals surface area contributed by atoms with Crippen LogP contribution in [0, 0.1) is 17.2 Å². The van der Waals surface area contributed by atoms with Gasteiger partial charge in [0.1, 0.15) is 17.4 Å². The van der Waals surface area contributed by atoms with Crippen LogP contribution in [0.15, 0.2) is 46.6 Å². The number of carbonyl (C=O) groups is 2. The lowest BCUT2D eigenvalue weighted by Crippen LogP contribution is -2.23. The van der Waals surface area contributed by atoms with Crippen LogP contribution < -0.4 is 14.8 Å². The van der Waals surface area contributed by atoms with Gasteiger partial charge >= 0.3 is 5.97 Å². The summed E-state index contributed by atoms with van der Waals surface area (Å²) < 4.78 is 38.8. The zero-order valence-corrected chi connectivity index (χ0v) is 18.2. The van der Waals surface area contributed by atoms with Crippen LogP contribution in [0.2, 0.25) is 0 Å². The van der Waals surface area contributed by atoms with Crippen LogP contribution in [-0.4, -0.2) is 38.9 Å². The smallest absolute Gasteiger partial charge is 0.311 e. The Morgan fingerprint density at radius 1 is 1.31 bits per heavy atom. The molecule has 0 spiro atoms. The maximum Gasteiger partial charge on any atom is 0.311 e. The lowest BCUT2D eigenvalue weighted by atomic mass is 10.1. The van der Waals surface area contributed by atoms with Crippen LogP contribution in [0.1, 0.15) is 24.2 Å². The maximum absolute atomic E-state index is 12.3. The van der Waals surface area contributed by atoms with Crippen molar-refractivity contribution in [3.8, 4) is 17.6 Å². The van der Waals surface area contributed by atoms with E-state index in [1.54, 1.807) is 18.2 Å². The standard InChI is InChI=1S/C22H22N2O7S/c1-29-20-10-15(9-17(12-23)22(26)24-13-18-3-2-7-30-18)4-5-19(20)31-21(25)11-16-6-8-32(27,28)14-16/h2-5,7,9-10,16H,6,8,11,13-14H2,1H3,(H,24,26). The number of sulfone groups is 1. The van der Waals surface area contributed by atoms with Crippen molar-refractivity contribution in [2.24, 2.45) is 5.92 Å². The molecule has 1 aromatic carbocycles. The zero-order chi connectivity index (χ0) is 23.1. The van der Waals surface area contributed by atoms with E-state index in [9.17, 15) is 23.3 Å². The van der Waals surface area contributed by atoms with Crippen molar-refractivity contribution >= 4 is 27.8 Å². The SMILES string of the molecule is COc1cc(C=C(C#N)C(=O)NCc2ccco2)ccc1OC(=O)CC1CCS(=O)(=O)C1. The summed E-state index contributed by atoms with van der Waals surface area (Å²) in [7, 11) is -1.68. The molecule has 0 aliphatic carbocycles. The zero-order valence-electron chi connectivity index (χ0n) is 17.4. The van der Waals surface area contributed by atoms with Gasteiger partial charge in [0.2, 0.25) is 0 Å². The summed E-state index contributed by atoms with van der Waals surface area (Å²) in [5.41, 5.74) is 0.374. The number of benzene rings is 1. The normalized spacial score (nSPS) is 17.4. The summed E-state index contributed by atoms with van der Waals surface area (Å²) >= 11 is 0. The van der Waals surface area contributed by atoms with E-state index in [1.807, 2.05) is 6.07 Å². The topological polar surface area (TPSA) is 136 Å². The molecule has 1 aromatic heterocycles. The lowest BCUT2D eigenvalue weighted by molar-refractivity contribution is -0.135. The molecular weight excluding hydrogens is 436 g/mol. The fraction of sp³-hybridized carbons (Fsp3) is 0.318. The molecule has 1 saturated heterocycles. The molecule has 3 rings (SSSR count). The predicted octanol–water partition coefficient (Wildman–Crippen LogP) is 2.24. The third-order valence-electron chi connectivity index (χ3n) is 4.87. The number of nitriles is 1. The molecule has 1 unspecified atom stereocenters. The molecule has 1 aliphatic rings. The fourth-order valence-corrected chi connectivity index (χ4v) is 5.14. The Labute approximate surface area is 185 Å². The second-order valence-corrected chi connectivity index (χ2v) is 9.52. The Balaban J connectivity index is 1.66. The Bertz CT molecular complexity index is 1160. The molecule has 1 fully saturated rings. The molecule has 168 valence electrons. The van der Waals surface area contributed by atoms with Crippen molar-refractivity contribution in [2.75, 3.05) is 18.6 Å². The minimum absolute atomic E-state index is 0.00153. The van der Waals surface area contributed by atoms with E-state index in [1.165, 1.54) is 31.6 Å². The molecule has 2 heterocycles. The number of hydrogen-bond donors (Lipinski definition) is 1. The van der Waals surface area contributed by atoms with Gasteiger partial charge in [0.25, 0.3) is 5.91 Å². The first-order valence-electron chi connectivity index (χ1n) is 9.81. The van der Waals surface area contributed by atoms with Gasteiger partial charge in [-0.3, -0.25) is 9.59 Å². The number of ether oxygens (including phenoxy) is 2. The van der Waals surface area contributed by atoms with Crippen molar-refractivity contribution < 1.29 is 31.9 Å². The highest BCUT2D eigenvalue weighted by Crippen LogP contribution is 2.30. The number of methoxy groups -OCH3 is 1. The number of nitrogens with one attached hydrogen (secondary N) is 1. The van der Waals surface area contributed by atoms with Crippen molar-refractivity contribution in [1.82, 2.24) is 5.32 Å². The predicted molar refractivity (Wildman–Crippen MR) is 114 cm³/mol. The molecule has 1 aliphatic heterocycles. The van der Waals surface area contributed by atoms with E-state index in [2.05, 4.69) is 5.32 Å². The van der Waals surface area contributed by atoms with Gasteiger partial charge < -0.3 is 19.2 Å². The van der Waals surface area contributed by atoms with E-state index < -0.39 is 21.7 Å². The average Bonchev–Trinajstić information content (AvgIpc) is 3.40. The largest absolute Gasteiger partial charge is 0.493 e. The Morgan fingerprint density at radius 2 is 2.12 bits per heavy atom. The summed E-state index contributed by atoms with van der Waals surface area (Å²) in [6.07, 6.45) is 3.31. The van der Waals surface area contributed by atoms with Gasteiger partial charge in [-0.2, -0.15) is 5.26 Å². The van der Waals surface area contributed by atoms with Crippen LogP contribution in [0.3, 0.4) is 0 Å². The molecule has 0 bridgehead atoms. The molecule has 1 atom stereocenters. The minimum Gasteiger partial charge on any atom is -0.493 e.